The smallest absolute Gasteiger partial charge is 0.207 e. The zero-order chi connectivity index (χ0) is 15.7. The maximum absolute atomic E-state index is 13.0. The molecule has 2 aromatic carbocycles. The summed E-state index contributed by atoms with van der Waals surface area (Å²) in [6.07, 6.45) is 1.04. The fourth-order valence-electron chi connectivity index (χ4n) is 1.91. The fraction of sp³-hybridized carbons (Fsp3) is 0. The molecule has 3 rings (SSSR count). The number of hydrogen-bond donors (Lipinski definition) is 0. The van der Waals surface area contributed by atoms with Gasteiger partial charge in [-0.05, 0) is 48.5 Å². The van der Waals surface area contributed by atoms with Crippen LogP contribution in [0.15, 0.2) is 59.8 Å². The summed E-state index contributed by atoms with van der Waals surface area (Å²) in [5.74, 6) is -0.943. The second-order valence-corrected chi connectivity index (χ2v) is 6.23. The van der Waals surface area contributed by atoms with Gasteiger partial charge >= 0.3 is 0 Å². The van der Waals surface area contributed by atoms with Gasteiger partial charge < -0.3 is 0 Å². The first-order valence-electron chi connectivity index (χ1n) is 6.15. The Kier molecular flexibility index (Phi) is 3.45. The normalized spacial score (nSPS) is 11.5. The molecule has 0 amide bonds. The quantitative estimate of drug-likeness (QED) is 0.743. The molecule has 1 aromatic heterocycles. The van der Waals surface area contributed by atoms with E-state index in [1.807, 2.05) is 0 Å². The van der Waals surface area contributed by atoms with Crippen LogP contribution in [0.1, 0.15) is 0 Å². The van der Waals surface area contributed by atoms with Crippen molar-refractivity contribution in [1.29, 1.82) is 0 Å². The number of rotatable bonds is 3. The van der Waals surface area contributed by atoms with Gasteiger partial charge in [0.25, 0.3) is 10.0 Å². The van der Waals surface area contributed by atoms with Gasteiger partial charge in [-0.1, -0.05) is 0 Å². The molecule has 8 heteroatoms. The summed E-state index contributed by atoms with van der Waals surface area (Å²) in [4.78, 5) is -0.0999. The van der Waals surface area contributed by atoms with Crippen LogP contribution < -0.4 is 0 Å². The largest absolute Gasteiger partial charge is 0.270 e. The molecule has 0 N–H and O–H groups in total. The van der Waals surface area contributed by atoms with E-state index >= 15 is 0 Å². The van der Waals surface area contributed by atoms with Gasteiger partial charge in [-0.2, -0.15) is 0 Å². The third kappa shape index (κ3) is 2.48. The molecule has 3 aromatic rings. The highest BCUT2D eigenvalue weighted by Crippen LogP contribution is 2.22. The minimum atomic E-state index is -3.97. The molecule has 0 saturated carbocycles. The predicted octanol–water partition coefficient (Wildman–Crippen LogP) is 2.46. The first kappa shape index (κ1) is 14.3. The Morgan fingerprint density at radius 3 is 2.00 bits per heavy atom. The van der Waals surface area contributed by atoms with E-state index in [9.17, 15) is 17.2 Å². The first-order chi connectivity index (χ1) is 10.5. The molecule has 0 fully saturated rings. The molecular weight excluding hydrogens is 312 g/mol. The summed E-state index contributed by atoms with van der Waals surface area (Å²) in [6.45, 7) is 0. The van der Waals surface area contributed by atoms with Crippen LogP contribution in [0.3, 0.4) is 0 Å². The highest BCUT2D eigenvalue weighted by Gasteiger charge is 2.22. The van der Waals surface area contributed by atoms with Crippen LogP contribution in [0.5, 0.6) is 0 Å². The van der Waals surface area contributed by atoms with Crippen molar-refractivity contribution in [2.24, 2.45) is 0 Å². The number of benzene rings is 2. The van der Waals surface area contributed by atoms with Crippen molar-refractivity contribution in [2.45, 2.75) is 4.90 Å². The van der Waals surface area contributed by atoms with Crippen LogP contribution in [-0.4, -0.2) is 22.6 Å². The Labute approximate surface area is 124 Å². The van der Waals surface area contributed by atoms with Crippen LogP contribution >= 0.6 is 0 Å². The second kappa shape index (κ2) is 5.30. The summed E-state index contributed by atoms with van der Waals surface area (Å²) in [5.41, 5.74) is 0.393. The van der Waals surface area contributed by atoms with E-state index in [1.165, 1.54) is 24.3 Å². The maximum atomic E-state index is 13.0. The Morgan fingerprint density at radius 2 is 1.41 bits per heavy atom. The summed E-state index contributed by atoms with van der Waals surface area (Å²) in [5, 5.41) is 7.36. The zero-order valence-corrected chi connectivity index (χ0v) is 11.8. The van der Waals surface area contributed by atoms with Crippen LogP contribution in [0.25, 0.3) is 11.4 Å². The van der Waals surface area contributed by atoms with Gasteiger partial charge in [0.2, 0.25) is 0 Å². The summed E-state index contributed by atoms with van der Waals surface area (Å²) >= 11 is 0. The standard InChI is InChI=1S/C14H9F2N3O2S/c15-11-3-1-10(2-4-11)14-18-17-9-19(14)22(20,21)13-7-5-12(16)6-8-13/h1-9H. The summed E-state index contributed by atoms with van der Waals surface area (Å²) < 4.78 is 51.9. The molecule has 0 saturated heterocycles. The Balaban J connectivity index is 2.11. The fourth-order valence-corrected chi connectivity index (χ4v) is 3.15. The molecular formula is C14H9F2N3O2S. The van der Waals surface area contributed by atoms with Crippen LogP contribution in [0.4, 0.5) is 8.78 Å². The zero-order valence-electron chi connectivity index (χ0n) is 11.0. The van der Waals surface area contributed by atoms with Crippen molar-refractivity contribution >= 4 is 10.0 Å². The van der Waals surface area contributed by atoms with Crippen molar-refractivity contribution in [3.05, 3.63) is 66.5 Å². The number of aromatic nitrogens is 3. The Bertz CT molecular complexity index is 904. The Morgan fingerprint density at radius 1 is 0.864 bits per heavy atom. The summed E-state index contributed by atoms with van der Waals surface area (Å²) in [6, 6.07) is 9.59. The van der Waals surface area contributed by atoms with E-state index in [0.29, 0.717) is 5.56 Å². The van der Waals surface area contributed by atoms with E-state index < -0.39 is 21.7 Å². The van der Waals surface area contributed by atoms with Gasteiger partial charge in [-0.3, -0.25) is 0 Å². The lowest BCUT2D eigenvalue weighted by atomic mass is 10.2. The molecule has 0 atom stereocenters. The van der Waals surface area contributed by atoms with E-state index in [2.05, 4.69) is 10.2 Å². The van der Waals surface area contributed by atoms with E-state index in [1.54, 1.807) is 0 Å². The molecule has 112 valence electrons. The molecule has 0 aliphatic carbocycles. The predicted molar refractivity (Wildman–Crippen MR) is 74.4 cm³/mol. The molecule has 0 bridgehead atoms. The van der Waals surface area contributed by atoms with Gasteiger partial charge in [0.1, 0.15) is 18.0 Å². The average molecular weight is 321 g/mol. The highest BCUT2D eigenvalue weighted by atomic mass is 32.2. The first-order valence-corrected chi connectivity index (χ1v) is 7.59. The van der Waals surface area contributed by atoms with E-state index in [4.69, 9.17) is 0 Å². The van der Waals surface area contributed by atoms with Crippen molar-refractivity contribution in [2.75, 3.05) is 0 Å². The third-order valence-corrected chi connectivity index (χ3v) is 4.64. The molecule has 0 aliphatic rings. The monoisotopic (exact) mass is 321 g/mol. The molecule has 0 spiro atoms. The topological polar surface area (TPSA) is 64.8 Å². The average Bonchev–Trinajstić information content (AvgIpc) is 2.99. The minimum absolute atomic E-state index is 0.0457. The maximum Gasteiger partial charge on any atom is 0.270 e. The Hall–Kier alpha value is -2.61. The highest BCUT2D eigenvalue weighted by molar-refractivity contribution is 7.90. The molecule has 22 heavy (non-hydrogen) atoms. The van der Waals surface area contributed by atoms with Crippen molar-refractivity contribution in [3.8, 4) is 11.4 Å². The van der Waals surface area contributed by atoms with Crippen LogP contribution in [0, 0.1) is 11.6 Å². The van der Waals surface area contributed by atoms with E-state index in [0.717, 1.165) is 34.6 Å². The third-order valence-electron chi connectivity index (χ3n) is 2.99. The van der Waals surface area contributed by atoms with Gasteiger partial charge in [0.15, 0.2) is 5.82 Å². The number of nitrogens with zero attached hydrogens (tertiary/aromatic N) is 3. The van der Waals surface area contributed by atoms with Gasteiger partial charge in [-0.15, -0.1) is 10.2 Å². The number of hydrogen-bond acceptors (Lipinski definition) is 4. The lowest BCUT2D eigenvalue weighted by Gasteiger charge is -2.08. The van der Waals surface area contributed by atoms with Gasteiger partial charge in [0, 0.05) is 5.56 Å². The van der Waals surface area contributed by atoms with Crippen LogP contribution in [-0.2, 0) is 10.0 Å². The molecule has 0 unspecified atom stereocenters. The minimum Gasteiger partial charge on any atom is -0.207 e. The molecule has 5 nitrogen and oxygen atoms in total. The second-order valence-electron chi connectivity index (χ2n) is 4.42. The lowest BCUT2D eigenvalue weighted by Crippen LogP contribution is -2.13. The molecule has 1 heterocycles. The summed E-state index contributed by atoms with van der Waals surface area (Å²) in [7, 11) is -3.97. The molecule has 0 radical (unpaired) electrons. The van der Waals surface area contributed by atoms with Gasteiger partial charge in [-0.25, -0.2) is 21.2 Å². The molecule has 0 aliphatic heterocycles. The SMILES string of the molecule is O=S(=O)(c1ccc(F)cc1)n1cnnc1-c1ccc(F)cc1. The van der Waals surface area contributed by atoms with Crippen LogP contribution in [0.2, 0.25) is 0 Å². The van der Waals surface area contributed by atoms with E-state index in [-0.39, 0.29) is 10.7 Å². The van der Waals surface area contributed by atoms with Crippen molar-refractivity contribution < 1.29 is 17.2 Å². The number of halogens is 2. The van der Waals surface area contributed by atoms with Crippen molar-refractivity contribution in [3.63, 3.8) is 0 Å². The lowest BCUT2D eigenvalue weighted by molar-refractivity contribution is 0.586. The van der Waals surface area contributed by atoms with Gasteiger partial charge in [0.05, 0.1) is 4.90 Å². The van der Waals surface area contributed by atoms with Crippen molar-refractivity contribution in [1.82, 2.24) is 14.2 Å².